The van der Waals surface area contributed by atoms with Gasteiger partial charge in [-0.2, -0.15) is 0 Å². The second-order valence-electron chi connectivity index (χ2n) is 4.53. The molecule has 1 heterocycles. The van der Waals surface area contributed by atoms with Crippen molar-refractivity contribution >= 4 is 17.2 Å². The Morgan fingerprint density at radius 2 is 2.00 bits per heavy atom. The van der Waals surface area contributed by atoms with Crippen molar-refractivity contribution in [1.82, 2.24) is 5.32 Å². The van der Waals surface area contributed by atoms with E-state index in [1.54, 1.807) is 11.3 Å². The van der Waals surface area contributed by atoms with E-state index in [9.17, 15) is 4.79 Å². The first kappa shape index (κ1) is 13.8. The van der Waals surface area contributed by atoms with Crippen LogP contribution in [0.4, 0.5) is 0 Å². The Morgan fingerprint density at radius 3 is 2.63 bits per heavy atom. The largest absolute Gasteiger partial charge is 0.350 e. The lowest BCUT2D eigenvalue weighted by Crippen LogP contribution is -2.41. The quantitative estimate of drug-likeness (QED) is 0.878. The Labute approximate surface area is 117 Å². The van der Waals surface area contributed by atoms with Crippen LogP contribution in [0.3, 0.4) is 0 Å². The molecule has 0 unspecified atom stereocenters. The molecule has 0 spiro atoms. The summed E-state index contributed by atoms with van der Waals surface area (Å²) in [5, 5.41) is 2.88. The van der Waals surface area contributed by atoms with E-state index in [4.69, 9.17) is 5.73 Å². The van der Waals surface area contributed by atoms with Crippen LogP contribution in [0, 0.1) is 6.92 Å². The fourth-order valence-corrected chi connectivity index (χ4v) is 2.68. The van der Waals surface area contributed by atoms with E-state index in [-0.39, 0.29) is 5.91 Å². The number of hydrogen-bond acceptors (Lipinski definition) is 3. The maximum Gasteiger partial charge on any atom is 0.237 e. The molecular weight excluding hydrogens is 256 g/mol. The molecule has 3 N–H and O–H groups in total. The number of carbonyl (C=O) groups is 1. The van der Waals surface area contributed by atoms with Gasteiger partial charge in [-0.3, -0.25) is 4.79 Å². The van der Waals surface area contributed by atoms with E-state index < -0.39 is 6.04 Å². The van der Waals surface area contributed by atoms with Crippen molar-refractivity contribution in [2.24, 2.45) is 5.73 Å². The number of benzene rings is 1. The summed E-state index contributed by atoms with van der Waals surface area (Å²) < 4.78 is 0. The minimum Gasteiger partial charge on any atom is -0.350 e. The number of rotatable bonds is 5. The molecule has 0 saturated carbocycles. The minimum atomic E-state index is -0.497. The van der Waals surface area contributed by atoms with Crippen molar-refractivity contribution in [3.05, 3.63) is 57.8 Å². The van der Waals surface area contributed by atoms with Crippen molar-refractivity contribution in [3.63, 3.8) is 0 Å². The zero-order chi connectivity index (χ0) is 13.7. The van der Waals surface area contributed by atoms with Gasteiger partial charge in [0.25, 0.3) is 0 Å². The van der Waals surface area contributed by atoms with Crippen LogP contribution in [0.25, 0.3) is 0 Å². The van der Waals surface area contributed by atoms with Gasteiger partial charge in [-0.1, -0.05) is 30.3 Å². The van der Waals surface area contributed by atoms with Crippen LogP contribution in [0.15, 0.2) is 42.5 Å². The number of aryl methyl sites for hydroxylation is 1. The highest BCUT2D eigenvalue weighted by atomic mass is 32.1. The van der Waals surface area contributed by atoms with Crippen molar-refractivity contribution in [2.75, 3.05) is 0 Å². The maximum absolute atomic E-state index is 11.9. The second kappa shape index (κ2) is 6.50. The monoisotopic (exact) mass is 274 g/mol. The molecule has 19 heavy (non-hydrogen) atoms. The zero-order valence-electron chi connectivity index (χ0n) is 10.9. The van der Waals surface area contributed by atoms with Gasteiger partial charge < -0.3 is 11.1 Å². The van der Waals surface area contributed by atoms with Crippen LogP contribution in [-0.4, -0.2) is 11.9 Å². The van der Waals surface area contributed by atoms with Gasteiger partial charge in [0.1, 0.15) is 0 Å². The lowest BCUT2D eigenvalue weighted by Gasteiger charge is -2.11. The minimum absolute atomic E-state index is 0.102. The van der Waals surface area contributed by atoms with Gasteiger partial charge in [0.15, 0.2) is 0 Å². The molecule has 0 aliphatic rings. The maximum atomic E-state index is 11.9. The molecule has 1 aromatic carbocycles. The van der Waals surface area contributed by atoms with Crippen LogP contribution in [0.5, 0.6) is 0 Å². The Bertz CT molecular complexity index is 536. The molecule has 4 heteroatoms. The highest BCUT2D eigenvalue weighted by Crippen LogP contribution is 2.14. The molecular formula is C15H18N2OS. The van der Waals surface area contributed by atoms with E-state index in [1.807, 2.05) is 36.4 Å². The number of thiophene rings is 1. The first-order valence-corrected chi connectivity index (χ1v) is 7.09. The molecule has 2 aromatic rings. The van der Waals surface area contributed by atoms with E-state index in [0.29, 0.717) is 13.0 Å². The molecule has 1 amide bonds. The third-order valence-corrected chi connectivity index (χ3v) is 3.87. The summed E-state index contributed by atoms with van der Waals surface area (Å²) in [6, 6.07) is 13.4. The summed E-state index contributed by atoms with van der Waals surface area (Å²) in [5.41, 5.74) is 6.99. The average molecular weight is 274 g/mol. The van der Waals surface area contributed by atoms with Gasteiger partial charge in [-0.05, 0) is 31.0 Å². The fourth-order valence-electron chi connectivity index (χ4n) is 1.85. The van der Waals surface area contributed by atoms with Crippen molar-refractivity contribution in [3.8, 4) is 0 Å². The van der Waals surface area contributed by atoms with Gasteiger partial charge in [-0.15, -0.1) is 11.3 Å². The second-order valence-corrected chi connectivity index (χ2v) is 5.90. The Morgan fingerprint density at radius 1 is 1.26 bits per heavy atom. The molecule has 3 nitrogen and oxygen atoms in total. The van der Waals surface area contributed by atoms with Gasteiger partial charge in [0, 0.05) is 9.75 Å². The standard InChI is InChI=1S/C15H18N2OS/c1-11-7-8-13(19-11)10-17-15(18)14(16)9-12-5-3-2-4-6-12/h2-8,14H,9-10,16H2,1H3,(H,17,18)/t14-/m1/s1. The van der Waals surface area contributed by atoms with Crippen molar-refractivity contribution < 1.29 is 4.79 Å². The molecule has 0 saturated heterocycles. The predicted molar refractivity (Wildman–Crippen MR) is 79.0 cm³/mol. The van der Waals surface area contributed by atoms with Gasteiger partial charge in [0.2, 0.25) is 5.91 Å². The first-order valence-electron chi connectivity index (χ1n) is 6.27. The normalized spacial score (nSPS) is 12.1. The summed E-state index contributed by atoms with van der Waals surface area (Å²) in [6.07, 6.45) is 0.566. The summed E-state index contributed by atoms with van der Waals surface area (Å²) in [6.45, 7) is 2.61. The molecule has 0 bridgehead atoms. The SMILES string of the molecule is Cc1ccc(CNC(=O)[C@H](N)Cc2ccccc2)s1. The Balaban J connectivity index is 1.82. The van der Waals surface area contributed by atoms with Gasteiger partial charge >= 0.3 is 0 Å². The summed E-state index contributed by atoms with van der Waals surface area (Å²) in [5.74, 6) is -0.102. The number of hydrogen-bond donors (Lipinski definition) is 2. The predicted octanol–water partition coefficient (Wildman–Crippen LogP) is 2.24. The Kier molecular flexibility index (Phi) is 4.71. The molecule has 0 aliphatic carbocycles. The molecule has 1 atom stereocenters. The van der Waals surface area contributed by atoms with E-state index in [0.717, 1.165) is 10.4 Å². The first-order chi connectivity index (χ1) is 9.15. The smallest absolute Gasteiger partial charge is 0.237 e. The lowest BCUT2D eigenvalue weighted by molar-refractivity contribution is -0.122. The van der Waals surface area contributed by atoms with Crippen LogP contribution >= 0.6 is 11.3 Å². The summed E-state index contributed by atoms with van der Waals surface area (Å²) in [7, 11) is 0. The highest BCUT2D eigenvalue weighted by molar-refractivity contribution is 7.11. The zero-order valence-corrected chi connectivity index (χ0v) is 11.7. The van der Waals surface area contributed by atoms with Crippen LogP contribution in [-0.2, 0) is 17.8 Å². The average Bonchev–Trinajstić information content (AvgIpc) is 2.83. The molecule has 1 aromatic heterocycles. The Hall–Kier alpha value is -1.65. The topological polar surface area (TPSA) is 55.1 Å². The molecule has 0 aliphatic heterocycles. The van der Waals surface area contributed by atoms with E-state index in [1.165, 1.54) is 4.88 Å². The third kappa shape index (κ3) is 4.19. The molecule has 100 valence electrons. The van der Waals surface area contributed by atoms with Gasteiger partial charge in [0.05, 0.1) is 12.6 Å². The van der Waals surface area contributed by atoms with Crippen molar-refractivity contribution in [1.29, 1.82) is 0 Å². The fraction of sp³-hybridized carbons (Fsp3) is 0.267. The number of nitrogens with two attached hydrogens (primary N) is 1. The van der Waals surface area contributed by atoms with Crippen molar-refractivity contribution in [2.45, 2.75) is 25.9 Å². The van der Waals surface area contributed by atoms with Gasteiger partial charge in [-0.25, -0.2) is 0 Å². The van der Waals surface area contributed by atoms with Crippen LogP contribution in [0.2, 0.25) is 0 Å². The highest BCUT2D eigenvalue weighted by Gasteiger charge is 2.13. The van der Waals surface area contributed by atoms with E-state index in [2.05, 4.69) is 18.3 Å². The number of carbonyl (C=O) groups excluding carboxylic acids is 1. The third-order valence-electron chi connectivity index (χ3n) is 2.87. The van der Waals surface area contributed by atoms with Crippen LogP contribution < -0.4 is 11.1 Å². The lowest BCUT2D eigenvalue weighted by atomic mass is 10.1. The van der Waals surface area contributed by atoms with E-state index >= 15 is 0 Å². The summed E-state index contributed by atoms with van der Waals surface area (Å²) in [4.78, 5) is 14.3. The summed E-state index contributed by atoms with van der Waals surface area (Å²) >= 11 is 1.69. The number of amides is 1. The number of nitrogens with one attached hydrogen (secondary N) is 1. The molecule has 0 fully saturated rings. The molecule has 2 rings (SSSR count). The van der Waals surface area contributed by atoms with Crippen LogP contribution in [0.1, 0.15) is 15.3 Å². The molecule has 0 radical (unpaired) electrons.